The van der Waals surface area contributed by atoms with Crippen molar-refractivity contribution in [2.45, 2.75) is 0 Å². The molecule has 15 heavy (non-hydrogen) atoms. The number of hydrogen-bond donors (Lipinski definition) is 1. The monoisotopic (exact) mass is 262 g/mol. The minimum absolute atomic E-state index is 0.606. The SMILES string of the molecule is Clc1ccccc1Cl.F[B-](F)(F)F.N#[NH+]. The molecule has 0 unspecified atom stereocenters. The van der Waals surface area contributed by atoms with Gasteiger partial charge in [0.2, 0.25) is 5.39 Å². The summed E-state index contributed by atoms with van der Waals surface area (Å²) < 4.78 is 39.0. The normalized spacial score (nSPS) is 9.07. The van der Waals surface area contributed by atoms with Crippen LogP contribution in [0.1, 0.15) is 0 Å². The summed E-state index contributed by atoms with van der Waals surface area (Å²) in [6.45, 7) is 0. The van der Waals surface area contributed by atoms with Gasteiger partial charge < -0.3 is 17.3 Å². The predicted molar refractivity (Wildman–Crippen MR) is 49.3 cm³/mol. The highest BCUT2D eigenvalue weighted by atomic mass is 35.5. The zero-order chi connectivity index (χ0) is 12.5. The summed E-state index contributed by atoms with van der Waals surface area (Å²) in [5.74, 6) is 0. The molecule has 0 radical (unpaired) electrons. The first-order chi connectivity index (χ1) is 6.80. The van der Waals surface area contributed by atoms with Gasteiger partial charge >= 0.3 is 7.25 Å². The van der Waals surface area contributed by atoms with Gasteiger partial charge in [0.05, 0.1) is 15.4 Å². The Bertz CT molecular complexity index is 278. The van der Waals surface area contributed by atoms with Gasteiger partial charge in [0.15, 0.2) is 0 Å². The van der Waals surface area contributed by atoms with Crippen LogP contribution in [0.25, 0.3) is 0 Å². The summed E-state index contributed by atoms with van der Waals surface area (Å²) in [7, 11) is -6.00. The third-order valence-electron chi connectivity index (χ3n) is 0.824. The standard InChI is InChI=1S/C6H4Cl2.BF4.N2/c7-5-3-1-2-4-6(5)8;2-1(3,4)5;1-2/h1-4H;;/q;-1;/p+1. The molecule has 0 aliphatic rings. The van der Waals surface area contributed by atoms with Crippen molar-refractivity contribution in [2.75, 3.05) is 0 Å². The number of nitrogens with zero attached hydrogens (tertiary/aromatic N) is 1. The maximum Gasteiger partial charge on any atom is 0.673 e. The Morgan fingerprint density at radius 3 is 1.27 bits per heavy atom. The zero-order valence-corrected chi connectivity index (χ0v) is 8.61. The predicted octanol–water partition coefficient (Wildman–Crippen LogP) is 2.57. The van der Waals surface area contributed by atoms with Crippen LogP contribution in [0.15, 0.2) is 24.3 Å². The minimum atomic E-state index is -6.00. The molecule has 0 spiro atoms. The van der Waals surface area contributed by atoms with E-state index in [9.17, 15) is 17.3 Å². The molecule has 1 N–H and O–H groups in total. The van der Waals surface area contributed by atoms with E-state index in [1.54, 1.807) is 12.1 Å². The van der Waals surface area contributed by atoms with E-state index in [2.05, 4.69) is 0 Å². The number of diazo groups is 1. The highest BCUT2D eigenvalue weighted by Crippen LogP contribution is 2.19. The fourth-order valence-corrected chi connectivity index (χ4v) is 0.711. The van der Waals surface area contributed by atoms with Crippen LogP contribution < -0.4 is 5.39 Å². The van der Waals surface area contributed by atoms with Gasteiger partial charge in [-0.2, -0.15) is 0 Å². The van der Waals surface area contributed by atoms with Crippen LogP contribution in [0.3, 0.4) is 0 Å². The van der Waals surface area contributed by atoms with Crippen molar-refractivity contribution in [2.24, 2.45) is 0 Å². The van der Waals surface area contributed by atoms with E-state index in [1.807, 2.05) is 12.1 Å². The van der Waals surface area contributed by atoms with Crippen molar-refractivity contribution in [1.29, 1.82) is 5.39 Å². The maximum atomic E-state index is 9.75. The molecule has 0 bridgehead atoms. The first-order valence-electron chi connectivity index (χ1n) is 3.30. The molecule has 0 heterocycles. The first-order valence-corrected chi connectivity index (χ1v) is 4.06. The Balaban J connectivity index is 0. The second-order valence-corrected chi connectivity index (χ2v) is 2.72. The van der Waals surface area contributed by atoms with Crippen LogP contribution in [-0.2, 0) is 0 Å². The molecule has 1 rings (SSSR count). The van der Waals surface area contributed by atoms with Gasteiger partial charge in [-0.3, -0.25) is 0 Å². The molecular formula is C6H5BCl2F4N2. The van der Waals surface area contributed by atoms with Crippen molar-refractivity contribution in [1.82, 2.24) is 0 Å². The van der Waals surface area contributed by atoms with Crippen molar-refractivity contribution >= 4 is 30.5 Å². The summed E-state index contributed by atoms with van der Waals surface area (Å²) in [5, 5.41) is 12.2. The van der Waals surface area contributed by atoms with E-state index in [0.29, 0.717) is 10.0 Å². The molecule has 9 heteroatoms. The van der Waals surface area contributed by atoms with Crippen LogP contribution in [0.4, 0.5) is 17.3 Å². The lowest BCUT2D eigenvalue weighted by Crippen LogP contribution is -2.11. The van der Waals surface area contributed by atoms with E-state index in [4.69, 9.17) is 34.0 Å². The molecule has 0 aliphatic heterocycles. The second-order valence-electron chi connectivity index (χ2n) is 1.91. The van der Waals surface area contributed by atoms with Gasteiger partial charge in [-0.1, -0.05) is 35.3 Å². The number of benzene rings is 1. The van der Waals surface area contributed by atoms with Crippen molar-refractivity contribution in [3.8, 4) is 0 Å². The smallest absolute Gasteiger partial charge is 0.418 e. The molecule has 84 valence electrons. The van der Waals surface area contributed by atoms with E-state index in [-0.39, 0.29) is 0 Å². The molecule has 0 saturated carbocycles. The molecular weight excluding hydrogens is 258 g/mol. The Labute approximate surface area is 93.3 Å². The third kappa shape index (κ3) is 15.7. The van der Waals surface area contributed by atoms with Gasteiger partial charge in [0, 0.05) is 0 Å². The lowest BCUT2D eigenvalue weighted by molar-refractivity contribution is -0.175. The van der Waals surface area contributed by atoms with Crippen LogP contribution in [0.2, 0.25) is 10.0 Å². The maximum absolute atomic E-state index is 9.75. The number of rotatable bonds is 0. The molecule has 0 atom stereocenters. The second kappa shape index (κ2) is 8.32. The average molecular weight is 263 g/mol. The van der Waals surface area contributed by atoms with Crippen LogP contribution in [-0.4, -0.2) is 7.25 Å². The molecule has 1 aromatic rings. The van der Waals surface area contributed by atoms with Crippen LogP contribution in [0, 0.1) is 5.39 Å². The van der Waals surface area contributed by atoms with Gasteiger partial charge in [-0.15, -0.1) is 0 Å². The quantitative estimate of drug-likeness (QED) is 0.436. The van der Waals surface area contributed by atoms with Gasteiger partial charge in [0.25, 0.3) is 0 Å². The van der Waals surface area contributed by atoms with E-state index in [0.717, 1.165) is 0 Å². The molecule has 0 aliphatic carbocycles. The zero-order valence-electron chi connectivity index (χ0n) is 7.10. The number of hydrogen-bond acceptors (Lipinski definition) is 1. The highest BCUT2D eigenvalue weighted by Gasteiger charge is 2.20. The van der Waals surface area contributed by atoms with Crippen molar-refractivity contribution < 1.29 is 22.7 Å². The average Bonchev–Trinajstić information content (AvgIpc) is 2.11. The van der Waals surface area contributed by atoms with Crippen LogP contribution >= 0.6 is 23.2 Å². The topological polar surface area (TPSA) is 47.6 Å². The Morgan fingerprint density at radius 1 is 0.933 bits per heavy atom. The van der Waals surface area contributed by atoms with Crippen molar-refractivity contribution in [3.05, 3.63) is 34.3 Å². The van der Waals surface area contributed by atoms with Gasteiger partial charge in [0.1, 0.15) is 0 Å². The van der Waals surface area contributed by atoms with Crippen LogP contribution in [0.5, 0.6) is 0 Å². The molecule has 2 nitrogen and oxygen atoms in total. The largest absolute Gasteiger partial charge is 0.673 e. The Hall–Kier alpha value is -0.995. The molecule has 0 amide bonds. The van der Waals surface area contributed by atoms with E-state index in [1.165, 1.54) is 0 Å². The molecule has 0 aromatic heterocycles. The first kappa shape index (κ1) is 16.4. The summed E-state index contributed by atoms with van der Waals surface area (Å²) in [6, 6.07) is 7.19. The van der Waals surface area contributed by atoms with Gasteiger partial charge in [-0.25, -0.2) is 0 Å². The molecule has 1 aromatic carbocycles. The fraction of sp³-hybridized carbons (Fsp3) is 0. The minimum Gasteiger partial charge on any atom is -0.418 e. The number of halogens is 6. The number of nitrogens with one attached hydrogen (secondary N) is 1. The van der Waals surface area contributed by atoms with Crippen molar-refractivity contribution in [3.63, 3.8) is 0 Å². The lowest BCUT2D eigenvalue weighted by atomic mass is 10.3. The Kier molecular flexibility index (Phi) is 9.12. The summed E-state index contributed by atoms with van der Waals surface area (Å²) in [5.41, 5.74) is 0. The molecule has 0 fully saturated rings. The van der Waals surface area contributed by atoms with Gasteiger partial charge in [-0.05, 0) is 12.1 Å². The molecule has 0 saturated heterocycles. The Morgan fingerprint density at radius 2 is 1.13 bits per heavy atom. The summed E-state index contributed by atoms with van der Waals surface area (Å²) in [6.07, 6.45) is 0. The fourth-order valence-electron chi connectivity index (χ4n) is 0.439. The summed E-state index contributed by atoms with van der Waals surface area (Å²) >= 11 is 11.2. The highest BCUT2D eigenvalue weighted by molar-refractivity contribution is 6.50. The third-order valence-corrected chi connectivity index (χ3v) is 1.58. The van der Waals surface area contributed by atoms with E-state index < -0.39 is 7.25 Å². The summed E-state index contributed by atoms with van der Waals surface area (Å²) in [4.78, 5) is 0. The lowest BCUT2D eigenvalue weighted by Gasteiger charge is -1.94. The van der Waals surface area contributed by atoms with E-state index >= 15 is 0 Å².